The van der Waals surface area contributed by atoms with Crippen LogP contribution in [0, 0.1) is 6.92 Å². The van der Waals surface area contributed by atoms with Crippen molar-refractivity contribution in [2.24, 2.45) is 10.9 Å². The van der Waals surface area contributed by atoms with Crippen LogP contribution in [0.3, 0.4) is 0 Å². The van der Waals surface area contributed by atoms with E-state index in [2.05, 4.69) is 5.16 Å². The highest BCUT2D eigenvalue weighted by Gasteiger charge is 2.02. The molecule has 3 N–H and O–H groups in total. The van der Waals surface area contributed by atoms with Gasteiger partial charge in [0.15, 0.2) is 5.84 Å². The fourth-order valence-electron chi connectivity index (χ4n) is 1.10. The number of nitrogens with two attached hydrogens (primary N) is 1. The van der Waals surface area contributed by atoms with Crippen molar-refractivity contribution in [1.82, 2.24) is 0 Å². The second-order valence-electron chi connectivity index (χ2n) is 2.67. The summed E-state index contributed by atoms with van der Waals surface area (Å²) in [5, 5.41) is 11.3. The number of hydrogen-bond acceptors (Lipinski definition) is 3. The molecule has 70 valence electrons. The third-order valence-corrected chi connectivity index (χ3v) is 1.80. The first-order valence-electron chi connectivity index (χ1n) is 3.81. The number of nitrogens with zero attached hydrogens (tertiary/aromatic N) is 1. The van der Waals surface area contributed by atoms with Crippen LogP contribution in [0.5, 0.6) is 5.75 Å². The molecule has 0 amide bonds. The molecule has 1 aromatic rings. The third kappa shape index (κ3) is 1.90. The maximum absolute atomic E-state index is 8.44. The summed E-state index contributed by atoms with van der Waals surface area (Å²) in [5.74, 6) is 0.889. The highest BCUT2D eigenvalue weighted by atomic mass is 16.5. The van der Waals surface area contributed by atoms with Gasteiger partial charge in [0.25, 0.3) is 0 Å². The van der Waals surface area contributed by atoms with Crippen molar-refractivity contribution in [1.29, 1.82) is 0 Å². The van der Waals surface area contributed by atoms with Gasteiger partial charge in [0.05, 0.1) is 7.11 Å². The van der Waals surface area contributed by atoms with Crippen LogP contribution in [0.25, 0.3) is 0 Å². The molecule has 1 rings (SSSR count). The zero-order valence-corrected chi connectivity index (χ0v) is 7.61. The van der Waals surface area contributed by atoms with Gasteiger partial charge >= 0.3 is 0 Å². The van der Waals surface area contributed by atoms with Crippen LogP contribution in [0.2, 0.25) is 0 Å². The molecule has 0 heterocycles. The molecular formula is C9H12N2O2. The lowest BCUT2D eigenvalue weighted by Gasteiger charge is -2.05. The number of hydrogen-bond donors (Lipinski definition) is 2. The predicted octanol–water partition coefficient (Wildman–Crippen LogP) is 1.10. The minimum atomic E-state index is 0.103. The number of ether oxygens (including phenoxy) is 1. The van der Waals surface area contributed by atoms with Gasteiger partial charge in [-0.2, -0.15) is 0 Å². The molecular weight excluding hydrogens is 168 g/mol. The van der Waals surface area contributed by atoms with Gasteiger partial charge in [-0.15, -0.1) is 0 Å². The topological polar surface area (TPSA) is 67.8 Å². The number of rotatable bonds is 2. The summed E-state index contributed by atoms with van der Waals surface area (Å²) >= 11 is 0. The van der Waals surface area contributed by atoms with E-state index in [1.54, 1.807) is 25.3 Å². The second kappa shape index (κ2) is 3.80. The first-order valence-corrected chi connectivity index (χ1v) is 3.81. The lowest BCUT2D eigenvalue weighted by Crippen LogP contribution is -2.13. The highest BCUT2D eigenvalue weighted by molar-refractivity contribution is 5.97. The Kier molecular flexibility index (Phi) is 2.74. The van der Waals surface area contributed by atoms with Crippen molar-refractivity contribution in [2.75, 3.05) is 7.11 Å². The number of oxime groups is 1. The van der Waals surface area contributed by atoms with Crippen LogP contribution in [-0.4, -0.2) is 18.2 Å². The summed E-state index contributed by atoms with van der Waals surface area (Å²) in [6.45, 7) is 1.90. The molecule has 0 saturated carbocycles. The Hall–Kier alpha value is -1.71. The van der Waals surface area contributed by atoms with Gasteiger partial charge in [-0.25, -0.2) is 0 Å². The maximum Gasteiger partial charge on any atom is 0.170 e. The van der Waals surface area contributed by atoms with E-state index < -0.39 is 0 Å². The van der Waals surface area contributed by atoms with Crippen LogP contribution in [0.1, 0.15) is 11.1 Å². The van der Waals surface area contributed by atoms with E-state index in [4.69, 9.17) is 15.7 Å². The second-order valence-corrected chi connectivity index (χ2v) is 2.67. The molecule has 0 bridgehead atoms. The van der Waals surface area contributed by atoms with Crippen LogP contribution < -0.4 is 10.5 Å². The minimum absolute atomic E-state index is 0.103. The van der Waals surface area contributed by atoms with Crippen LogP contribution in [0.15, 0.2) is 23.4 Å². The Balaban J connectivity index is 3.10. The molecule has 0 unspecified atom stereocenters. The van der Waals surface area contributed by atoms with Crippen molar-refractivity contribution < 1.29 is 9.94 Å². The third-order valence-electron chi connectivity index (χ3n) is 1.80. The Morgan fingerprint density at radius 1 is 1.54 bits per heavy atom. The van der Waals surface area contributed by atoms with Crippen molar-refractivity contribution in [2.45, 2.75) is 6.92 Å². The van der Waals surface area contributed by atoms with Crippen molar-refractivity contribution in [3.05, 3.63) is 29.3 Å². The lowest BCUT2D eigenvalue weighted by molar-refractivity contribution is 0.318. The Bertz CT molecular complexity index is 334. The molecule has 0 aliphatic carbocycles. The van der Waals surface area contributed by atoms with Crippen LogP contribution in [-0.2, 0) is 0 Å². The van der Waals surface area contributed by atoms with E-state index in [0.29, 0.717) is 5.56 Å². The van der Waals surface area contributed by atoms with Gasteiger partial charge in [0, 0.05) is 5.56 Å². The molecule has 0 aliphatic rings. The van der Waals surface area contributed by atoms with E-state index in [1.807, 2.05) is 6.92 Å². The van der Waals surface area contributed by atoms with Gasteiger partial charge in [-0.05, 0) is 30.7 Å². The normalized spacial score (nSPS) is 11.4. The summed E-state index contributed by atoms with van der Waals surface area (Å²) in [5.41, 5.74) is 7.05. The Morgan fingerprint density at radius 2 is 2.23 bits per heavy atom. The number of amidine groups is 1. The summed E-state index contributed by atoms with van der Waals surface area (Å²) in [6.07, 6.45) is 0. The average molecular weight is 180 g/mol. The molecule has 1 aromatic carbocycles. The van der Waals surface area contributed by atoms with Crippen LogP contribution in [0.4, 0.5) is 0 Å². The van der Waals surface area contributed by atoms with E-state index in [0.717, 1.165) is 11.3 Å². The monoisotopic (exact) mass is 180 g/mol. The van der Waals surface area contributed by atoms with Gasteiger partial charge in [0.2, 0.25) is 0 Å². The van der Waals surface area contributed by atoms with E-state index in [9.17, 15) is 0 Å². The lowest BCUT2D eigenvalue weighted by atomic mass is 10.1. The molecule has 4 heteroatoms. The smallest absolute Gasteiger partial charge is 0.170 e. The zero-order chi connectivity index (χ0) is 9.84. The molecule has 0 aliphatic heterocycles. The van der Waals surface area contributed by atoms with Gasteiger partial charge in [-0.1, -0.05) is 5.16 Å². The summed E-state index contributed by atoms with van der Waals surface area (Å²) in [6, 6.07) is 5.32. The standard InChI is InChI=1S/C9H12N2O2/c1-6-5-7(9(10)11-12)3-4-8(6)13-2/h3-5,12H,1-2H3,(H2,10,11). The summed E-state index contributed by atoms with van der Waals surface area (Å²) in [7, 11) is 1.60. The zero-order valence-electron chi connectivity index (χ0n) is 7.61. The summed E-state index contributed by atoms with van der Waals surface area (Å²) < 4.78 is 5.07. The Morgan fingerprint density at radius 3 is 2.69 bits per heavy atom. The van der Waals surface area contributed by atoms with E-state index in [1.165, 1.54) is 0 Å². The van der Waals surface area contributed by atoms with Crippen LogP contribution >= 0.6 is 0 Å². The Labute approximate surface area is 76.6 Å². The quantitative estimate of drug-likeness (QED) is 0.310. The van der Waals surface area contributed by atoms with Gasteiger partial charge in [-0.3, -0.25) is 0 Å². The number of methoxy groups -OCH3 is 1. The maximum atomic E-state index is 8.44. The van der Waals surface area contributed by atoms with Crippen molar-refractivity contribution >= 4 is 5.84 Å². The van der Waals surface area contributed by atoms with Crippen molar-refractivity contribution in [3.63, 3.8) is 0 Å². The summed E-state index contributed by atoms with van der Waals surface area (Å²) in [4.78, 5) is 0. The van der Waals surface area contributed by atoms with Gasteiger partial charge < -0.3 is 15.7 Å². The predicted molar refractivity (Wildman–Crippen MR) is 50.2 cm³/mol. The molecule has 0 aromatic heterocycles. The van der Waals surface area contributed by atoms with E-state index >= 15 is 0 Å². The fourth-order valence-corrected chi connectivity index (χ4v) is 1.10. The number of benzene rings is 1. The molecule has 0 radical (unpaired) electrons. The fraction of sp³-hybridized carbons (Fsp3) is 0.222. The largest absolute Gasteiger partial charge is 0.496 e. The van der Waals surface area contributed by atoms with Gasteiger partial charge in [0.1, 0.15) is 5.75 Å². The average Bonchev–Trinajstić information content (AvgIpc) is 2.16. The molecule has 0 spiro atoms. The molecule has 0 atom stereocenters. The number of aryl methyl sites for hydroxylation is 1. The highest BCUT2D eigenvalue weighted by Crippen LogP contribution is 2.18. The van der Waals surface area contributed by atoms with Crippen molar-refractivity contribution in [3.8, 4) is 5.75 Å². The molecule has 4 nitrogen and oxygen atoms in total. The molecule has 0 saturated heterocycles. The molecule has 13 heavy (non-hydrogen) atoms. The minimum Gasteiger partial charge on any atom is -0.496 e. The SMILES string of the molecule is COc1ccc(/C(N)=N/O)cc1C. The first-order chi connectivity index (χ1) is 6.19. The molecule has 0 fully saturated rings. The first kappa shape index (κ1) is 9.38. The van der Waals surface area contributed by atoms with E-state index in [-0.39, 0.29) is 5.84 Å².